The number of carbonyl (C=O) groups is 1. The molecule has 0 unspecified atom stereocenters. The number of benzene rings is 1. The minimum atomic E-state index is -0.537. The molecule has 0 radical (unpaired) electrons. The molecule has 0 N–H and O–H groups in total. The number of rotatable bonds is 3. The van der Waals surface area contributed by atoms with Crippen molar-refractivity contribution in [3.05, 3.63) is 35.6 Å². The normalized spacial score (nSPS) is 14.6. The fraction of sp³-hybridized carbons (Fsp3) is 0.429. The number of nitriles is 1. The Morgan fingerprint density at radius 1 is 1.37 bits per heavy atom. The molecule has 2 aromatic rings. The molecule has 6 nitrogen and oxygen atoms in total. The summed E-state index contributed by atoms with van der Waals surface area (Å²) in [6.45, 7) is 9.01. The summed E-state index contributed by atoms with van der Waals surface area (Å²) in [5.74, 6) is 0.672. The summed E-state index contributed by atoms with van der Waals surface area (Å²) in [5, 5.41) is 10.1. The third-order valence-corrected chi connectivity index (χ3v) is 4.25. The van der Waals surface area contributed by atoms with Gasteiger partial charge in [-0.15, -0.1) is 0 Å². The van der Waals surface area contributed by atoms with Crippen LogP contribution in [0.1, 0.15) is 45.2 Å². The van der Waals surface area contributed by atoms with Gasteiger partial charge < -0.3 is 18.8 Å². The molecule has 0 fully saturated rings. The van der Waals surface area contributed by atoms with Crippen LogP contribution in [-0.2, 0) is 4.74 Å². The van der Waals surface area contributed by atoms with Crippen molar-refractivity contribution in [3.63, 3.8) is 0 Å². The van der Waals surface area contributed by atoms with Gasteiger partial charge in [0.05, 0.1) is 23.8 Å². The van der Waals surface area contributed by atoms with Crippen LogP contribution in [0.2, 0.25) is 0 Å². The van der Waals surface area contributed by atoms with Crippen LogP contribution in [0.25, 0.3) is 16.5 Å². The fourth-order valence-electron chi connectivity index (χ4n) is 3.14. The highest BCUT2D eigenvalue weighted by Gasteiger charge is 2.27. The monoisotopic (exact) mass is 368 g/mol. The van der Waals surface area contributed by atoms with Gasteiger partial charge in [-0.05, 0) is 51.8 Å². The molecular formula is C21H24N2O4. The lowest BCUT2D eigenvalue weighted by Crippen LogP contribution is -2.39. The average Bonchev–Trinajstić information content (AvgIpc) is 3.06. The molecule has 2 heterocycles. The zero-order valence-corrected chi connectivity index (χ0v) is 16.2. The van der Waals surface area contributed by atoms with E-state index in [1.807, 2.05) is 27.7 Å². The highest BCUT2D eigenvalue weighted by Crippen LogP contribution is 2.37. The van der Waals surface area contributed by atoms with Crippen LogP contribution in [0.5, 0.6) is 5.75 Å². The Morgan fingerprint density at radius 2 is 2.15 bits per heavy atom. The first-order chi connectivity index (χ1) is 12.8. The molecule has 6 heteroatoms. The zero-order valence-electron chi connectivity index (χ0n) is 16.2. The number of carbonyl (C=O) groups excluding carboxylic acids is 1. The van der Waals surface area contributed by atoms with Crippen LogP contribution >= 0.6 is 0 Å². The molecule has 1 aromatic heterocycles. The molecule has 1 aromatic carbocycles. The summed E-state index contributed by atoms with van der Waals surface area (Å²) in [5.41, 5.74) is 2.24. The van der Waals surface area contributed by atoms with E-state index in [2.05, 4.69) is 12.1 Å². The standard InChI is InChI=1S/C21H24N2O4/c1-5-25-17-9-8-14(11-22)19-18(17)16(13-26-19)15-7-6-10-23(12-15)20(24)27-21(2,3)4/h7-9,13H,5-6,10,12H2,1-4H3. The predicted molar refractivity (Wildman–Crippen MR) is 102 cm³/mol. The average molecular weight is 368 g/mol. The van der Waals surface area contributed by atoms with Crippen molar-refractivity contribution in [2.75, 3.05) is 19.7 Å². The van der Waals surface area contributed by atoms with E-state index in [-0.39, 0.29) is 6.09 Å². The molecule has 27 heavy (non-hydrogen) atoms. The molecule has 0 aliphatic carbocycles. The van der Waals surface area contributed by atoms with E-state index in [0.29, 0.717) is 36.6 Å². The lowest BCUT2D eigenvalue weighted by atomic mass is 9.99. The lowest BCUT2D eigenvalue weighted by Gasteiger charge is -2.30. The summed E-state index contributed by atoms with van der Waals surface area (Å²) < 4.78 is 17.0. The highest BCUT2D eigenvalue weighted by molar-refractivity contribution is 5.98. The van der Waals surface area contributed by atoms with Gasteiger partial charge in [-0.25, -0.2) is 4.79 Å². The summed E-state index contributed by atoms with van der Waals surface area (Å²) in [6, 6.07) is 5.64. The van der Waals surface area contributed by atoms with E-state index in [1.54, 1.807) is 23.3 Å². The molecule has 0 bridgehead atoms. The lowest BCUT2D eigenvalue weighted by molar-refractivity contribution is 0.0273. The first kappa shape index (κ1) is 18.8. The zero-order chi connectivity index (χ0) is 19.6. The second-order valence-electron chi connectivity index (χ2n) is 7.43. The van der Waals surface area contributed by atoms with Crippen LogP contribution in [0, 0.1) is 11.3 Å². The molecule has 0 saturated heterocycles. The second kappa shape index (κ2) is 7.36. The third-order valence-electron chi connectivity index (χ3n) is 4.25. The number of ether oxygens (including phenoxy) is 2. The Labute approximate surface area is 158 Å². The van der Waals surface area contributed by atoms with Gasteiger partial charge in [0, 0.05) is 18.7 Å². The summed E-state index contributed by atoms with van der Waals surface area (Å²) in [7, 11) is 0. The number of furan rings is 1. The first-order valence-electron chi connectivity index (χ1n) is 9.08. The van der Waals surface area contributed by atoms with E-state index in [0.717, 1.165) is 22.9 Å². The van der Waals surface area contributed by atoms with Crippen molar-refractivity contribution in [2.45, 2.75) is 39.7 Å². The van der Waals surface area contributed by atoms with Crippen molar-refractivity contribution in [1.29, 1.82) is 5.26 Å². The van der Waals surface area contributed by atoms with Gasteiger partial charge in [0.25, 0.3) is 0 Å². The molecule has 0 atom stereocenters. The van der Waals surface area contributed by atoms with E-state index in [4.69, 9.17) is 13.9 Å². The molecule has 142 valence electrons. The topological polar surface area (TPSA) is 75.7 Å². The summed E-state index contributed by atoms with van der Waals surface area (Å²) >= 11 is 0. The van der Waals surface area contributed by atoms with Gasteiger partial charge in [-0.1, -0.05) is 6.08 Å². The van der Waals surface area contributed by atoms with Gasteiger partial charge in [0.2, 0.25) is 0 Å². The van der Waals surface area contributed by atoms with Crippen molar-refractivity contribution < 1.29 is 18.7 Å². The summed E-state index contributed by atoms with van der Waals surface area (Å²) in [6.07, 6.45) is 4.13. The van der Waals surface area contributed by atoms with Crippen molar-refractivity contribution >= 4 is 22.6 Å². The molecule has 1 aliphatic heterocycles. The maximum absolute atomic E-state index is 12.4. The molecule has 1 amide bonds. The molecule has 0 saturated carbocycles. The number of fused-ring (bicyclic) bond motifs is 1. The van der Waals surface area contributed by atoms with Gasteiger partial charge in [-0.2, -0.15) is 5.26 Å². The van der Waals surface area contributed by atoms with Gasteiger partial charge in [0.1, 0.15) is 17.4 Å². The maximum atomic E-state index is 12.4. The predicted octanol–water partition coefficient (Wildman–Crippen LogP) is 4.73. The number of amides is 1. The highest BCUT2D eigenvalue weighted by atomic mass is 16.6. The Hall–Kier alpha value is -2.94. The van der Waals surface area contributed by atoms with E-state index in [9.17, 15) is 10.1 Å². The van der Waals surface area contributed by atoms with E-state index in [1.165, 1.54) is 0 Å². The third kappa shape index (κ3) is 3.92. The largest absolute Gasteiger partial charge is 0.493 e. The number of nitrogens with zero attached hydrogens (tertiary/aromatic N) is 2. The SMILES string of the molecule is CCOc1ccc(C#N)c2occ(C3=CCCN(C(=O)OC(C)(C)C)C3)c12. The Bertz CT molecular complexity index is 928. The van der Waals surface area contributed by atoms with Crippen LogP contribution in [0.4, 0.5) is 4.79 Å². The van der Waals surface area contributed by atoms with Gasteiger partial charge >= 0.3 is 6.09 Å². The van der Waals surface area contributed by atoms with Crippen LogP contribution in [0.3, 0.4) is 0 Å². The van der Waals surface area contributed by atoms with E-state index < -0.39 is 5.60 Å². The van der Waals surface area contributed by atoms with Gasteiger partial charge in [-0.3, -0.25) is 0 Å². The number of hydrogen-bond donors (Lipinski definition) is 0. The maximum Gasteiger partial charge on any atom is 0.410 e. The van der Waals surface area contributed by atoms with Gasteiger partial charge in [0.15, 0.2) is 5.58 Å². The minimum Gasteiger partial charge on any atom is -0.493 e. The van der Waals surface area contributed by atoms with Crippen LogP contribution < -0.4 is 4.74 Å². The van der Waals surface area contributed by atoms with Crippen LogP contribution in [-0.4, -0.2) is 36.3 Å². The van der Waals surface area contributed by atoms with Crippen LogP contribution in [0.15, 0.2) is 28.9 Å². The second-order valence-corrected chi connectivity index (χ2v) is 7.43. The smallest absolute Gasteiger partial charge is 0.410 e. The first-order valence-corrected chi connectivity index (χ1v) is 9.08. The van der Waals surface area contributed by atoms with E-state index >= 15 is 0 Å². The Morgan fingerprint density at radius 3 is 2.81 bits per heavy atom. The Kier molecular flexibility index (Phi) is 5.13. The number of hydrogen-bond acceptors (Lipinski definition) is 5. The Balaban J connectivity index is 1.97. The fourth-order valence-corrected chi connectivity index (χ4v) is 3.14. The molecular weight excluding hydrogens is 344 g/mol. The van der Waals surface area contributed by atoms with Crippen molar-refractivity contribution in [3.8, 4) is 11.8 Å². The van der Waals surface area contributed by atoms with Crippen molar-refractivity contribution in [1.82, 2.24) is 4.90 Å². The van der Waals surface area contributed by atoms with Crippen molar-refractivity contribution in [2.24, 2.45) is 0 Å². The molecule has 3 rings (SSSR count). The summed E-state index contributed by atoms with van der Waals surface area (Å²) in [4.78, 5) is 14.1. The molecule has 0 spiro atoms. The molecule has 1 aliphatic rings. The quantitative estimate of drug-likeness (QED) is 0.783. The minimum absolute atomic E-state index is 0.330.